The van der Waals surface area contributed by atoms with Gasteiger partial charge in [0, 0.05) is 29.9 Å². The molecule has 34 heavy (non-hydrogen) atoms. The van der Waals surface area contributed by atoms with Crippen LogP contribution in [0.5, 0.6) is 0 Å². The average molecular weight is 460 g/mol. The van der Waals surface area contributed by atoms with E-state index in [9.17, 15) is 9.59 Å². The standard InChI is InChI=1S/C28H33N3O3/c1-27(2,3)22-14-12-21(13-15-22)25(32)31-23(26(33)34-28(4,5)6)18-19-8-10-20(11-9-19)24-29-16-7-17-30-24/h7-17,23H,18H2,1-6H3,(H,31,32). The van der Waals surface area contributed by atoms with Gasteiger partial charge in [-0.3, -0.25) is 4.79 Å². The van der Waals surface area contributed by atoms with E-state index in [1.54, 1.807) is 30.6 Å². The molecule has 1 unspecified atom stereocenters. The van der Waals surface area contributed by atoms with Gasteiger partial charge in [0.15, 0.2) is 5.82 Å². The third kappa shape index (κ3) is 6.98. The summed E-state index contributed by atoms with van der Waals surface area (Å²) in [5.74, 6) is -0.155. The first-order chi connectivity index (χ1) is 15.9. The molecule has 3 aromatic rings. The maximum absolute atomic E-state index is 13.0. The molecule has 3 rings (SSSR count). The molecule has 2 aromatic carbocycles. The van der Waals surface area contributed by atoms with Gasteiger partial charge in [0.2, 0.25) is 0 Å². The van der Waals surface area contributed by atoms with Crippen LogP contribution in [0.4, 0.5) is 0 Å². The van der Waals surface area contributed by atoms with Crippen molar-refractivity contribution in [2.45, 2.75) is 65.0 Å². The van der Waals surface area contributed by atoms with Crippen molar-refractivity contribution >= 4 is 11.9 Å². The second-order valence-corrected chi connectivity index (χ2v) is 10.4. The van der Waals surface area contributed by atoms with Crippen LogP contribution in [-0.4, -0.2) is 33.5 Å². The normalized spacial score (nSPS) is 12.6. The fourth-order valence-corrected chi connectivity index (χ4v) is 3.40. The highest BCUT2D eigenvalue weighted by molar-refractivity contribution is 5.97. The minimum atomic E-state index is -0.826. The Morgan fingerprint density at radius 3 is 2.00 bits per heavy atom. The monoisotopic (exact) mass is 459 g/mol. The van der Waals surface area contributed by atoms with Crippen LogP contribution in [0.25, 0.3) is 11.4 Å². The number of nitrogens with one attached hydrogen (secondary N) is 1. The fraction of sp³-hybridized carbons (Fsp3) is 0.357. The van der Waals surface area contributed by atoms with E-state index in [0.29, 0.717) is 17.8 Å². The van der Waals surface area contributed by atoms with Gasteiger partial charge in [-0.05, 0) is 55.5 Å². The molecule has 0 bridgehead atoms. The largest absolute Gasteiger partial charge is 0.458 e. The van der Waals surface area contributed by atoms with Crippen LogP contribution < -0.4 is 5.32 Å². The molecule has 0 radical (unpaired) electrons. The quantitative estimate of drug-likeness (QED) is 0.517. The van der Waals surface area contributed by atoms with Gasteiger partial charge < -0.3 is 10.1 Å². The summed E-state index contributed by atoms with van der Waals surface area (Å²) in [7, 11) is 0. The second kappa shape index (κ2) is 10.2. The minimum absolute atomic E-state index is 0.00892. The van der Waals surface area contributed by atoms with Crippen molar-refractivity contribution in [3.63, 3.8) is 0 Å². The zero-order chi connectivity index (χ0) is 24.9. The molecule has 1 aromatic heterocycles. The number of nitrogens with zero attached hydrogens (tertiary/aromatic N) is 2. The van der Waals surface area contributed by atoms with Crippen molar-refractivity contribution in [2.75, 3.05) is 0 Å². The zero-order valence-electron chi connectivity index (χ0n) is 20.8. The molecule has 0 spiro atoms. The van der Waals surface area contributed by atoms with E-state index in [2.05, 4.69) is 36.1 Å². The number of amides is 1. The number of ether oxygens (including phenoxy) is 1. The number of hydrogen-bond donors (Lipinski definition) is 1. The van der Waals surface area contributed by atoms with Crippen LogP contribution in [0.1, 0.15) is 63.0 Å². The Morgan fingerprint density at radius 2 is 1.47 bits per heavy atom. The Morgan fingerprint density at radius 1 is 0.882 bits per heavy atom. The molecule has 6 nitrogen and oxygen atoms in total. The lowest BCUT2D eigenvalue weighted by Crippen LogP contribution is -2.45. The van der Waals surface area contributed by atoms with E-state index >= 15 is 0 Å². The van der Waals surface area contributed by atoms with Gasteiger partial charge in [-0.25, -0.2) is 14.8 Å². The van der Waals surface area contributed by atoms with Gasteiger partial charge in [-0.2, -0.15) is 0 Å². The van der Waals surface area contributed by atoms with Gasteiger partial charge in [0.1, 0.15) is 11.6 Å². The summed E-state index contributed by atoms with van der Waals surface area (Å²) >= 11 is 0. The minimum Gasteiger partial charge on any atom is -0.458 e. The molecule has 1 heterocycles. The summed E-state index contributed by atoms with van der Waals surface area (Å²) in [5, 5.41) is 2.87. The molecule has 1 amide bonds. The Balaban J connectivity index is 1.78. The molecule has 6 heteroatoms. The van der Waals surface area contributed by atoms with E-state index in [1.807, 2.05) is 57.2 Å². The molecule has 1 atom stereocenters. The first kappa shape index (κ1) is 25.1. The number of carbonyl (C=O) groups excluding carboxylic acids is 2. The number of carbonyl (C=O) groups is 2. The summed E-state index contributed by atoms with van der Waals surface area (Å²) in [6, 6.07) is 16.0. The Labute approximate surface area is 201 Å². The van der Waals surface area contributed by atoms with Crippen LogP contribution in [0.2, 0.25) is 0 Å². The van der Waals surface area contributed by atoms with Gasteiger partial charge in [0.05, 0.1) is 0 Å². The van der Waals surface area contributed by atoms with Crippen molar-refractivity contribution in [1.82, 2.24) is 15.3 Å². The van der Waals surface area contributed by atoms with Crippen LogP contribution in [-0.2, 0) is 21.4 Å². The summed E-state index contributed by atoms with van der Waals surface area (Å²) in [5.41, 5.74) is 2.72. The van der Waals surface area contributed by atoms with E-state index < -0.39 is 17.6 Å². The summed E-state index contributed by atoms with van der Waals surface area (Å²) in [6.07, 6.45) is 3.69. The van der Waals surface area contributed by atoms with E-state index in [1.165, 1.54) is 0 Å². The second-order valence-electron chi connectivity index (χ2n) is 10.4. The lowest BCUT2D eigenvalue weighted by atomic mass is 9.86. The number of rotatable bonds is 6. The molecule has 178 valence electrons. The third-order valence-electron chi connectivity index (χ3n) is 5.23. The predicted octanol–water partition coefficient (Wildman–Crippen LogP) is 5.12. The number of aromatic nitrogens is 2. The van der Waals surface area contributed by atoms with Gasteiger partial charge >= 0.3 is 5.97 Å². The highest BCUT2D eigenvalue weighted by Crippen LogP contribution is 2.22. The Bertz CT molecular complexity index is 1110. The Kier molecular flexibility index (Phi) is 7.50. The molecule has 0 saturated heterocycles. The first-order valence-corrected chi connectivity index (χ1v) is 11.4. The van der Waals surface area contributed by atoms with Crippen LogP contribution >= 0.6 is 0 Å². The third-order valence-corrected chi connectivity index (χ3v) is 5.23. The number of esters is 1. The number of benzene rings is 2. The first-order valence-electron chi connectivity index (χ1n) is 11.4. The van der Waals surface area contributed by atoms with Crippen molar-refractivity contribution in [3.05, 3.63) is 83.7 Å². The van der Waals surface area contributed by atoms with Gasteiger partial charge in [-0.15, -0.1) is 0 Å². The number of hydrogen-bond acceptors (Lipinski definition) is 5. The maximum atomic E-state index is 13.0. The smallest absolute Gasteiger partial charge is 0.329 e. The van der Waals surface area contributed by atoms with Crippen molar-refractivity contribution in [1.29, 1.82) is 0 Å². The topological polar surface area (TPSA) is 81.2 Å². The van der Waals surface area contributed by atoms with E-state index in [0.717, 1.165) is 16.7 Å². The zero-order valence-corrected chi connectivity index (χ0v) is 20.8. The lowest BCUT2D eigenvalue weighted by Gasteiger charge is -2.25. The molecule has 0 aliphatic rings. The molecule has 0 aliphatic carbocycles. The Hall–Kier alpha value is -3.54. The fourth-order valence-electron chi connectivity index (χ4n) is 3.40. The van der Waals surface area contributed by atoms with Crippen LogP contribution in [0.3, 0.4) is 0 Å². The lowest BCUT2D eigenvalue weighted by molar-refractivity contribution is -0.157. The van der Waals surface area contributed by atoms with Crippen LogP contribution in [0.15, 0.2) is 67.0 Å². The highest BCUT2D eigenvalue weighted by atomic mass is 16.6. The molecular weight excluding hydrogens is 426 g/mol. The van der Waals surface area contributed by atoms with Crippen molar-refractivity contribution in [3.8, 4) is 11.4 Å². The molecule has 0 fully saturated rings. The summed E-state index contributed by atoms with van der Waals surface area (Å²) < 4.78 is 5.59. The summed E-state index contributed by atoms with van der Waals surface area (Å²) in [6.45, 7) is 11.8. The SMILES string of the molecule is CC(C)(C)OC(=O)C(Cc1ccc(-c2ncccn2)cc1)NC(=O)c1ccc(C(C)(C)C)cc1. The maximum Gasteiger partial charge on any atom is 0.329 e. The summed E-state index contributed by atoms with van der Waals surface area (Å²) in [4.78, 5) is 34.4. The molecule has 0 aliphatic heterocycles. The predicted molar refractivity (Wildman–Crippen MR) is 133 cm³/mol. The molecule has 0 saturated carbocycles. The average Bonchev–Trinajstić information content (AvgIpc) is 2.78. The van der Waals surface area contributed by atoms with Crippen LogP contribution in [0, 0.1) is 0 Å². The van der Waals surface area contributed by atoms with E-state index in [4.69, 9.17) is 4.74 Å². The van der Waals surface area contributed by atoms with Gasteiger partial charge in [-0.1, -0.05) is 57.2 Å². The van der Waals surface area contributed by atoms with Gasteiger partial charge in [0.25, 0.3) is 5.91 Å². The van der Waals surface area contributed by atoms with Crippen molar-refractivity contribution < 1.29 is 14.3 Å². The molecule has 1 N–H and O–H groups in total. The molecular formula is C28H33N3O3. The van der Waals surface area contributed by atoms with Crippen molar-refractivity contribution in [2.24, 2.45) is 0 Å². The highest BCUT2D eigenvalue weighted by Gasteiger charge is 2.27. The van der Waals surface area contributed by atoms with E-state index in [-0.39, 0.29) is 11.3 Å².